The van der Waals surface area contributed by atoms with Crippen LogP contribution in [0, 0.1) is 0 Å². The first-order valence-corrected chi connectivity index (χ1v) is 7.49. The van der Waals surface area contributed by atoms with Gasteiger partial charge in [-0.2, -0.15) is 0 Å². The Hall–Kier alpha value is -2.78. The summed E-state index contributed by atoms with van der Waals surface area (Å²) in [6.45, 7) is 0.368. The summed E-state index contributed by atoms with van der Waals surface area (Å²) in [6, 6.07) is 3.85. The van der Waals surface area contributed by atoms with Crippen LogP contribution in [0.3, 0.4) is 0 Å². The molecule has 0 bridgehead atoms. The number of likely N-dealkylation sites (tertiary alicyclic amines) is 1. The lowest BCUT2D eigenvalue weighted by atomic mass is 10.2. The number of nitrogens with one attached hydrogen (secondary N) is 1. The Bertz CT molecular complexity index is 706. The van der Waals surface area contributed by atoms with Crippen LogP contribution < -0.4 is 10.1 Å². The third-order valence-corrected chi connectivity index (χ3v) is 4.01. The minimum Gasteiger partial charge on any atom is -0.406 e. The number of hydrogen-bond donors (Lipinski definition) is 1. The minimum atomic E-state index is -4.84. The number of hydrogen-bond acceptors (Lipinski definition) is 4. The molecule has 1 N–H and O–H groups in total. The van der Waals surface area contributed by atoms with Crippen LogP contribution in [0.4, 0.5) is 18.0 Å². The first-order chi connectivity index (χ1) is 11.7. The summed E-state index contributed by atoms with van der Waals surface area (Å²) in [5, 5.41) is 2.41. The van der Waals surface area contributed by atoms with E-state index in [0.29, 0.717) is 13.0 Å². The highest BCUT2D eigenvalue weighted by Gasteiger charge is 2.39. The Kier molecular flexibility index (Phi) is 4.27. The van der Waals surface area contributed by atoms with Crippen LogP contribution >= 0.6 is 0 Å². The maximum absolute atomic E-state index is 12.5. The largest absolute Gasteiger partial charge is 0.573 e. The smallest absolute Gasteiger partial charge is 0.406 e. The van der Waals surface area contributed by atoms with E-state index in [0.717, 1.165) is 17.0 Å². The number of rotatable bonds is 3. The quantitative estimate of drug-likeness (QED) is 0.829. The minimum absolute atomic E-state index is 0.0413. The van der Waals surface area contributed by atoms with Crippen LogP contribution in [0.1, 0.15) is 16.8 Å². The molecule has 1 unspecified atom stereocenters. The molecule has 1 aromatic carbocycles. The van der Waals surface area contributed by atoms with Gasteiger partial charge in [-0.1, -0.05) is 6.07 Å². The number of carbonyl (C=O) groups is 3. The Morgan fingerprint density at radius 3 is 2.68 bits per heavy atom. The number of ether oxygens (including phenoxy) is 1. The van der Waals surface area contributed by atoms with Crippen molar-refractivity contribution in [2.24, 2.45) is 0 Å². The molecule has 3 rings (SSSR count). The van der Waals surface area contributed by atoms with Crippen LogP contribution in [-0.2, 0) is 4.79 Å². The van der Waals surface area contributed by atoms with Gasteiger partial charge >= 0.3 is 12.4 Å². The molecule has 0 aromatic heterocycles. The molecule has 4 amide bonds. The fourth-order valence-electron chi connectivity index (χ4n) is 2.95. The fourth-order valence-corrected chi connectivity index (χ4v) is 2.95. The van der Waals surface area contributed by atoms with Crippen molar-refractivity contribution in [3.05, 3.63) is 29.8 Å². The summed E-state index contributed by atoms with van der Waals surface area (Å²) in [5.41, 5.74) is 0.0413. The summed E-state index contributed by atoms with van der Waals surface area (Å²) < 4.78 is 40.6. The van der Waals surface area contributed by atoms with Gasteiger partial charge < -0.3 is 15.0 Å². The molecule has 134 valence electrons. The second kappa shape index (κ2) is 6.26. The molecular formula is C15H14F3N3O4. The van der Waals surface area contributed by atoms with E-state index < -0.39 is 30.1 Å². The monoisotopic (exact) mass is 357 g/mol. The van der Waals surface area contributed by atoms with Crippen molar-refractivity contribution in [2.45, 2.75) is 18.8 Å². The number of amides is 4. The zero-order valence-electron chi connectivity index (χ0n) is 12.9. The Morgan fingerprint density at radius 2 is 2.04 bits per heavy atom. The van der Waals surface area contributed by atoms with Gasteiger partial charge in [-0.3, -0.25) is 14.5 Å². The lowest BCUT2D eigenvalue weighted by Crippen LogP contribution is -2.42. The lowest BCUT2D eigenvalue weighted by molar-refractivity contribution is -0.274. The number of alkyl halides is 3. The molecule has 1 aromatic rings. The highest BCUT2D eigenvalue weighted by Crippen LogP contribution is 2.25. The summed E-state index contributed by atoms with van der Waals surface area (Å²) in [6.07, 6.45) is -4.42. The molecule has 0 saturated carbocycles. The molecule has 2 saturated heterocycles. The molecule has 0 spiro atoms. The normalized spacial score (nSPS) is 20.8. The van der Waals surface area contributed by atoms with Crippen LogP contribution in [0.25, 0.3) is 0 Å². The van der Waals surface area contributed by atoms with Crippen LogP contribution in [0.2, 0.25) is 0 Å². The van der Waals surface area contributed by atoms with Gasteiger partial charge in [0.15, 0.2) is 0 Å². The molecule has 2 fully saturated rings. The molecule has 2 aliphatic rings. The number of imide groups is 1. The van der Waals surface area contributed by atoms with Gasteiger partial charge in [0.25, 0.3) is 5.91 Å². The highest BCUT2D eigenvalue weighted by atomic mass is 19.4. The van der Waals surface area contributed by atoms with Gasteiger partial charge in [0.2, 0.25) is 5.91 Å². The van der Waals surface area contributed by atoms with Crippen LogP contribution in [0.5, 0.6) is 5.75 Å². The molecule has 0 radical (unpaired) electrons. The second-order valence-electron chi connectivity index (χ2n) is 5.69. The average molecular weight is 357 g/mol. The van der Waals surface area contributed by atoms with Gasteiger partial charge in [-0.15, -0.1) is 13.2 Å². The number of halogens is 3. The van der Waals surface area contributed by atoms with Crippen molar-refractivity contribution in [3.8, 4) is 5.75 Å². The SMILES string of the molecule is O=C(c1cccc(OC(F)(F)F)c1)N1CCC(N2C(=O)CNC2=O)C1. The van der Waals surface area contributed by atoms with Crippen LogP contribution in [0.15, 0.2) is 24.3 Å². The van der Waals surface area contributed by atoms with Gasteiger partial charge in [0.05, 0.1) is 12.6 Å². The summed E-state index contributed by atoms with van der Waals surface area (Å²) >= 11 is 0. The van der Waals surface area contributed by atoms with Gasteiger partial charge in [-0.05, 0) is 24.6 Å². The summed E-state index contributed by atoms with van der Waals surface area (Å²) in [5.74, 6) is -1.32. The molecule has 7 nitrogen and oxygen atoms in total. The van der Waals surface area contributed by atoms with Gasteiger partial charge in [0, 0.05) is 18.7 Å². The maximum Gasteiger partial charge on any atom is 0.573 e. The van der Waals surface area contributed by atoms with E-state index in [1.54, 1.807) is 0 Å². The standard InChI is InChI=1S/C15H14F3N3O4/c16-15(17,18)25-11-3-1-2-9(6-11)13(23)20-5-4-10(8-20)21-12(22)7-19-14(21)24/h1-3,6,10H,4-5,7-8H2,(H,19,24). The van der Waals surface area contributed by atoms with Crippen molar-refractivity contribution in [2.75, 3.05) is 19.6 Å². The molecule has 25 heavy (non-hydrogen) atoms. The predicted octanol–water partition coefficient (Wildman–Crippen LogP) is 1.35. The lowest BCUT2D eigenvalue weighted by Gasteiger charge is -2.21. The summed E-state index contributed by atoms with van der Waals surface area (Å²) in [4.78, 5) is 38.3. The van der Waals surface area contributed by atoms with Crippen molar-refractivity contribution < 1.29 is 32.3 Å². The Labute approximate surface area is 140 Å². The molecule has 10 heteroatoms. The number of benzene rings is 1. The van der Waals surface area contributed by atoms with E-state index in [9.17, 15) is 27.6 Å². The van der Waals surface area contributed by atoms with E-state index >= 15 is 0 Å². The molecule has 2 aliphatic heterocycles. The molecule has 2 heterocycles. The maximum atomic E-state index is 12.5. The average Bonchev–Trinajstić information content (AvgIpc) is 3.12. The number of nitrogens with zero attached hydrogens (tertiary/aromatic N) is 2. The first kappa shape index (κ1) is 17.1. The van der Waals surface area contributed by atoms with E-state index in [1.165, 1.54) is 17.0 Å². The van der Waals surface area contributed by atoms with Crippen molar-refractivity contribution in [3.63, 3.8) is 0 Å². The highest BCUT2D eigenvalue weighted by molar-refractivity contribution is 6.02. The first-order valence-electron chi connectivity index (χ1n) is 7.49. The van der Waals surface area contributed by atoms with E-state index in [-0.39, 0.29) is 24.6 Å². The fraction of sp³-hybridized carbons (Fsp3) is 0.400. The summed E-state index contributed by atoms with van der Waals surface area (Å²) in [7, 11) is 0. The third kappa shape index (κ3) is 3.67. The number of urea groups is 1. The van der Waals surface area contributed by atoms with Gasteiger partial charge in [-0.25, -0.2) is 4.79 Å². The van der Waals surface area contributed by atoms with E-state index in [4.69, 9.17) is 0 Å². The van der Waals surface area contributed by atoms with Crippen molar-refractivity contribution in [1.82, 2.24) is 15.1 Å². The zero-order valence-corrected chi connectivity index (χ0v) is 12.9. The van der Waals surface area contributed by atoms with E-state index in [2.05, 4.69) is 10.1 Å². The van der Waals surface area contributed by atoms with Gasteiger partial charge in [0.1, 0.15) is 5.75 Å². The number of carbonyl (C=O) groups excluding carboxylic acids is 3. The van der Waals surface area contributed by atoms with Crippen LogP contribution in [-0.4, -0.2) is 59.7 Å². The zero-order chi connectivity index (χ0) is 18.2. The Morgan fingerprint density at radius 1 is 1.28 bits per heavy atom. The van der Waals surface area contributed by atoms with E-state index in [1.807, 2.05) is 0 Å². The third-order valence-electron chi connectivity index (χ3n) is 4.01. The van der Waals surface area contributed by atoms with Crippen molar-refractivity contribution >= 4 is 17.8 Å². The second-order valence-corrected chi connectivity index (χ2v) is 5.69. The molecule has 0 aliphatic carbocycles. The molecule has 1 atom stereocenters. The Balaban J connectivity index is 1.69. The molecular weight excluding hydrogens is 343 g/mol. The topological polar surface area (TPSA) is 79.0 Å². The van der Waals surface area contributed by atoms with Crippen molar-refractivity contribution in [1.29, 1.82) is 0 Å². The predicted molar refractivity (Wildman–Crippen MR) is 77.7 cm³/mol.